The molecule has 2 fully saturated rings. The van der Waals surface area contributed by atoms with Crippen LogP contribution >= 0.6 is 0 Å². The van der Waals surface area contributed by atoms with Crippen LogP contribution in [0.1, 0.15) is 97.8 Å². The van der Waals surface area contributed by atoms with Gasteiger partial charge in [-0.05, 0) is 79.0 Å². The summed E-state index contributed by atoms with van der Waals surface area (Å²) in [6.07, 6.45) is 2.71. The van der Waals surface area contributed by atoms with E-state index in [1.165, 1.54) is 18.4 Å². The largest absolute Gasteiger partial charge is 0.299 e. The maximum absolute atomic E-state index is 2.76. The van der Waals surface area contributed by atoms with Crippen molar-refractivity contribution in [3.05, 3.63) is 34.9 Å². The summed E-state index contributed by atoms with van der Waals surface area (Å²) >= 11 is 0. The Morgan fingerprint density at radius 2 is 1.57 bits per heavy atom. The lowest BCUT2D eigenvalue weighted by atomic mass is 9.32. The lowest BCUT2D eigenvalue weighted by molar-refractivity contribution is -0.199. The molecule has 158 valence electrons. The van der Waals surface area contributed by atoms with Crippen LogP contribution in [0.5, 0.6) is 0 Å². The summed E-state index contributed by atoms with van der Waals surface area (Å²) in [5.41, 5.74) is 5.80. The van der Waals surface area contributed by atoms with Crippen molar-refractivity contribution in [2.24, 2.45) is 22.7 Å². The fraction of sp³-hybridized carbons (Fsp3) is 0.778. The van der Waals surface area contributed by atoms with E-state index in [1.54, 1.807) is 11.1 Å². The van der Waals surface area contributed by atoms with E-state index >= 15 is 0 Å². The fourth-order valence-corrected chi connectivity index (χ4v) is 9.20. The average Bonchev–Trinajstić information content (AvgIpc) is 2.60. The molecular formula is C27H45N. The molecule has 1 aliphatic heterocycles. The van der Waals surface area contributed by atoms with Crippen LogP contribution in [0.15, 0.2) is 18.2 Å². The van der Waals surface area contributed by atoms with Gasteiger partial charge in [0.05, 0.1) is 0 Å². The van der Waals surface area contributed by atoms with E-state index in [4.69, 9.17) is 0 Å². The molecule has 7 atom stereocenters. The first-order valence-corrected chi connectivity index (χ1v) is 11.8. The normalized spacial score (nSPS) is 44.0. The van der Waals surface area contributed by atoms with Gasteiger partial charge in [0.1, 0.15) is 0 Å². The van der Waals surface area contributed by atoms with Crippen molar-refractivity contribution in [1.29, 1.82) is 0 Å². The zero-order valence-corrected chi connectivity index (χ0v) is 20.5. The van der Waals surface area contributed by atoms with E-state index in [0.29, 0.717) is 34.7 Å². The summed E-state index contributed by atoms with van der Waals surface area (Å²) in [7, 11) is 2.41. The molecule has 0 radical (unpaired) electrons. The van der Waals surface area contributed by atoms with Crippen LogP contribution in [0.4, 0.5) is 0 Å². The van der Waals surface area contributed by atoms with Crippen molar-refractivity contribution in [1.82, 2.24) is 4.90 Å². The van der Waals surface area contributed by atoms with Gasteiger partial charge in [-0.2, -0.15) is 0 Å². The predicted octanol–water partition coefficient (Wildman–Crippen LogP) is 7.18. The summed E-state index contributed by atoms with van der Waals surface area (Å²) in [6, 6.07) is 8.38. The van der Waals surface area contributed by atoms with Gasteiger partial charge in [-0.1, -0.05) is 73.6 Å². The van der Waals surface area contributed by atoms with Crippen LogP contribution in [0.2, 0.25) is 0 Å². The van der Waals surface area contributed by atoms with E-state index < -0.39 is 0 Å². The highest BCUT2D eigenvalue weighted by atomic mass is 15.2. The van der Waals surface area contributed by atoms with Crippen LogP contribution in [0.25, 0.3) is 0 Å². The molecule has 1 heterocycles. The van der Waals surface area contributed by atoms with Gasteiger partial charge in [-0.15, -0.1) is 0 Å². The maximum atomic E-state index is 2.76. The third-order valence-electron chi connectivity index (χ3n) is 9.40. The maximum Gasteiger partial charge on any atom is 0.0224 e. The molecule has 1 aromatic rings. The summed E-state index contributed by atoms with van der Waals surface area (Å²) < 4.78 is 0. The Labute approximate surface area is 175 Å². The molecule has 0 spiro atoms. The SMILES string of the molecule is CC.Cc1cccc2c1[C@]13C(C)C(C)N(C)[C@H](C2C)C1(C)CC(C)CC3(C)C. The minimum absolute atomic E-state index is 0.260. The molecule has 2 bridgehead atoms. The van der Waals surface area contributed by atoms with Crippen LogP contribution < -0.4 is 0 Å². The second kappa shape index (κ2) is 6.86. The zero-order valence-electron chi connectivity index (χ0n) is 20.5. The number of benzene rings is 1. The Morgan fingerprint density at radius 3 is 2.18 bits per heavy atom. The molecule has 4 rings (SSSR count). The van der Waals surface area contributed by atoms with Gasteiger partial charge in [0, 0.05) is 17.5 Å². The summed E-state index contributed by atoms with van der Waals surface area (Å²) in [5, 5.41) is 0. The van der Waals surface area contributed by atoms with Crippen LogP contribution in [-0.2, 0) is 5.41 Å². The lowest BCUT2D eigenvalue weighted by Crippen LogP contribution is -2.77. The number of aryl methyl sites for hydroxylation is 1. The highest BCUT2D eigenvalue weighted by molar-refractivity contribution is 5.52. The van der Waals surface area contributed by atoms with Gasteiger partial charge >= 0.3 is 0 Å². The van der Waals surface area contributed by atoms with Gasteiger partial charge in [0.15, 0.2) is 0 Å². The molecule has 3 aliphatic rings. The van der Waals surface area contributed by atoms with Crippen molar-refractivity contribution in [2.75, 3.05) is 7.05 Å². The number of likely N-dealkylation sites (tertiary alicyclic amines) is 1. The first-order valence-electron chi connectivity index (χ1n) is 11.8. The van der Waals surface area contributed by atoms with Crippen molar-refractivity contribution < 1.29 is 0 Å². The number of hydrogen-bond donors (Lipinski definition) is 0. The standard InChI is InChI=1S/C25H39N.C2H6/c1-15-13-23(6,7)25-18(4)19(5)26(9)22(24(25,8)14-15)17(3)20-12-10-11-16(2)21(20)25;1-2/h10-12,15,17-19,22H,13-14H2,1-9H3;1-2H3/t15?,17?,18?,19?,22-,24?,25+;/m1./s1. The van der Waals surface area contributed by atoms with Crippen molar-refractivity contribution in [3.8, 4) is 0 Å². The number of piperidine rings is 1. The summed E-state index contributed by atoms with van der Waals surface area (Å²) in [6.45, 7) is 24.3. The number of rotatable bonds is 0. The van der Waals surface area contributed by atoms with Gasteiger partial charge in [-0.3, -0.25) is 4.90 Å². The second-order valence-corrected chi connectivity index (χ2v) is 11.1. The Kier molecular flexibility index (Phi) is 5.36. The van der Waals surface area contributed by atoms with Crippen LogP contribution in [0.3, 0.4) is 0 Å². The van der Waals surface area contributed by atoms with Crippen molar-refractivity contribution in [2.45, 2.75) is 105 Å². The van der Waals surface area contributed by atoms with E-state index in [0.717, 1.165) is 5.92 Å². The molecule has 0 aromatic heterocycles. The van der Waals surface area contributed by atoms with Crippen molar-refractivity contribution >= 4 is 0 Å². The first kappa shape index (κ1) is 21.9. The third kappa shape index (κ3) is 2.35. The van der Waals surface area contributed by atoms with Crippen LogP contribution in [0, 0.1) is 29.6 Å². The Balaban J connectivity index is 0.00000109. The molecule has 1 nitrogen and oxygen atoms in total. The summed E-state index contributed by atoms with van der Waals surface area (Å²) in [5.74, 6) is 2.06. The molecule has 1 saturated heterocycles. The molecule has 2 aliphatic carbocycles. The Bertz CT molecular complexity index is 734. The second-order valence-electron chi connectivity index (χ2n) is 11.1. The molecule has 0 amide bonds. The topological polar surface area (TPSA) is 3.24 Å². The monoisotopic (exact) mass is 383 g/mol. The average molecular weight is 384 g/mol. The number of nitrogens with zero attached hydrogens (tertiary/aromatic N) is 1. The minimum atomic E-state index is 0.260. The lowest BCUT2D eigenvalue weighted by Gasteiger charge is -2.76. The smallest absolute Gasteiger partial charge is 0.0224 e. The summed E-state index contributed by atoms with van der Waals surface area (Å²) in [4.78, 5) is 2.76. The minimum Gasteiger partial charge on any atom is -0.299 e. The molecule has 28 heavy (non-hydrogen) atoms. The van der Waals surface area contributed by atoms with E-state index in [2.05, 4.69) is 85.5 Å². The first-order chi connectivity index (χ1) is 13.0. The number of likely N-dealkylation sites (N-methyl/N-ethyl adjacent to an activating group) is 1. The zero-order chi connectivity index (χ0) is 21.2. The third-order valence-corrected chi connectivity index (χ3v) is 9.40. The van der Waals surface area contributed by atoms with Gasteiger partial charge < -0.3 is 0 Å². The van der Waals surface area contributed by atoms with E-state index in [1.807, 2.05) is 13.8 Å². The predicted molar refractivity (Wildman–Crippen MR) is 123 cm³/mol. The Hall–Kier alpha value is -0.820. The molecule has 1 aromatic carbocycles. The highest BCUT2D eigenvalue weighted by Crippen LogP contribution is 2.74. The fourth-order valence-electron chi connectivity index (χ4n) is 9.20. The molecule has 0 N–H and O–H groups in total. The van der Waals surface area contributed by atoms with Crippen LogP contribution in [-0.4, -0.2) is 24.0 Å². The quantitative estimate of drug-likeness (QED) is 0.458. The van der Waals surface area contributed by atoms with E-state index in [-0.39, 0.29) is 5.41 Å². The van der Waals surface area contributed by atoms with Gasteiger partial charge in [-0.25, -0.2) is 0 Å². The number of fused-ring (bicyclic) bond motifs is 1. The van der Waals surface area contributed by atoms with E-state index in [9.17, 15) is 0 Å². The number of hydrogen-bond acceptors (Lipinski definition) is 1. The van der Waals surface area contributed by atoms with Gasteiger partial charge in [0.2, 0.25) is 0 Å². The molecule has 1 saturated carbocycles. The van der Waals surface area contributed by atoms with Gasteiger partial charge in [0.25, 0.3) is 0 Å². The molecular weight excluding hydrogens is 338 g/mol. The van der Waals surface area contributed by atoms with Crippen molar-refractivity contribution in [3.63, 3.8) is 0 Å². The Morgan fingerprint density at radius 1 is 0.964 bits per heavy atom. The molecule has 5 unspecified atom stereocenters. The highest BCUT2D eigenvalue weighted by Gasteiger charge is 2.72. The molecule has 1 heteroatoms.